The lowest BCUT2D eigenvalue weighted by Gasteiger charge is -2.33. The molecule has 1 aliphatic rings. The molecule has 0 aromatic rings. The third-order valence-electron chi connectivity index (χ3n) is 2.93. The van der Waals surface area contributed by atoms with Crippen molar-refractivity contribution in [1.82, 2.24) is 10.2 Å². The maximum absolute atomic E-state index is 11.9. The molecule has 1 heterocycles. The van der Waals surface area contributed by atoms with Gasteiger partial charge in [0.2, 0.25) is 0 Å². The zero-order valence-corrected chi connectivity index (χ0v) is 12.5. The highest BCUT2D eigenvalue weighted by Gasteiger charge is 2.26. The molecule has 7 heteroatoms. The minimum atomic E-state index is -0.758. The third kappa shape index (κ3) is 6.60. The summed E-state index contributed by atoms with van der Waals surface area (Å²) in [7, 11) is 0. The topological polar surface area (TPSA) is 93.9 Å². The molecular weight excluding hydrogens is 262 g/mol. The van der Waals surface area contributed by atoms with Crippen molar-refractivity contribution in [2.75, 3.05) is 26.2 Å². The number of amides is 2. The van der Waals surface area contributed by atoms with E-state index in [2.05, 4.69) is 10.1 Å². The number of carbonyl (C=O) groups excluding carboxylic acids is 2. The zero-order chi connectivity index (χ0) is 15.2. The fraction of sp³-hybridized carbons (Fsp3) is 0.846. The smallest absolute Gasteiger partial charge is 0.410 e. The van der Waals surface area contributed by atoms with E-state index in [4.69, 9.17) is 10.5 Å². The molecule has 0 aromatic heterocycles. The van der Waals surface area contributed by atoms with Gasteiger partial charge in [0.1, 0.15) is 12.2 Å². The van der Waals surface area contributed by atoms with Crippen LogP contribution >= 0.6 is 0 Å². The summed E-state index contributed by atoms with van der Waals surface area (Å²) in [6, 6.07) is 0.324. The molecule has 0 saturated carbocycles. The molecular formula is C13H25N3O4. The lowest BCUT2D eigenvalue weighted by atomic mass is 10.1. The Morgan fingerprint density at radius 3 is 2.40 bits per heavy atom. The van der Waals surface area contributed by atoms with Crippen LogP contribution in [0.4, 0.5) is 9.59 Å². The largest absolute Gasteiger partial charge is 0.448 e. The molecule has 0 atom stereocenters. The van der Waals surface area contributed by atoms with Gasteiger partial charge in [-0.3, -0.25) is 0 Å². The number of ether oxygens (including phenoxy) is 2. The fourth-order valence-electron chi connectivity index (χ4n) is 2.01. The van der Waals surface area contributed by atoms with Gasteiger partial charge >= 0.3 is 12.2 Å². The second-order valence-electron chi connectivity index (χ2n) is 5.86. The number of likely N-dealkylation sites (tertiary alicyclic amines) is 1. The summed E-state index contributed by atoms with van der Waals surface area (Å²) in [6.45, 7) is 7.75. The van der Waals surface area contributed by atoms with Crippen LogP contribution in [-0.4, -0.2) is 55.0 Å². The molecule has 0 bridgehead atoms. The van der Waals surface area contributed by atoms with Crippen LogP contribution in [0.2, 0.25) is 0 Å². The number of rotatable bonds is 4. The maximum Gasteiger partial charge on any atom is 0.410 e. The highest BCUT2D eigenvalue weighted by atomic mass is 16.6. The normalized spacial score (nSPS) is 16.9. The van der Waals surface area contributed by atoms with Crippen molar-refractivity contribution in [2.24, 2.45) is 5.73 Å². The fourth-order valence-corrected chi connectivity index (χ4v) is 2.01. The summed E-state index contributed by atoms with van der Waals surface area (Å²) >= 11 is 0. The molecule has 7 nitrogen and oxygen atoms in total. The van der Waals surface area contributed by atoms with E-state index >= 15 is 0 Å². The molecule has 0 aromatic carbocycles. The number of primary amides is 1. The van der Waals surface area contributed by atoms with Crippen LogP contribution in [0, 0.1) is 0 Å². The summed E-state index contributed by atoms with van der Waals surface area (Å²) in [4.78, 5) is 24.0. The molecule has 0 aliphatic carbocycles. The average Bonchev–Trinajstić information content (AvgIpc) is 2.33. The number of hydrogen-bond acceptors (Lipinski definition) is 5. The van der Waals surface area contributed by atoms with Crippen LogP contribution < -0.4 is 11.1 Å². The number of nitrogens with one attached hydrogen (secondary N) is 1. The predicted molar refractivity (Wildman–Crippen MR) is 74.4 cm³/mol. The van der Waals surface area contributed by atoms with Crippen LogP contribution in [0.5, 0.6) is 0 Å². The first-order valence-electron chi connectivity index (χ1n) is 6.91. The Kier molecular flexibility index (Phi) is 6.06. The lowest BCUT2D eigenvalue weighted by Crippen LogP contribution is -2.47. The van der Waals surface area contributed by atoms with Crippen molar-refractivity contribution in [3.8, 4) is 0 Å². The van der Waals surface area contributed by atoms with Crippen molar-refractivity contribution < 1.29 is 19.1 Å². The average molecular weight is 287 g/mol. The molecule has 1 fully saturated rings. The Bertz CT molecular complexity index is 333. The van der Waals surface area contributed by atoms with Crippen molar-refractivity contribution >= 4 is 12.2 Å². The molecule has 0 radical (unpaired) electrons. The van der Waals surface area contributed by atoms with Gasteiger partial charge in [0.15, 0.2) is 0 Å². The van der Waals surface area contributed by atoms with Gasteiger partial charge in [-0.25, -0.2) is 9.59 Å². The monoisotopic (exact) mass is 287 g/mol. The standard InChI is InChI=1S/C13H25N3O4/c1-13(2,3)20-12(18)16-7-4-10(5-8-16)15-6-9-19-11(14)17/h10,15H,4-9H2,1-3H3,(H2,14,17). The third-order valence-corrected chi connectivity index (χ3v) is 2.93. The van der Waals surface area contributed by atoms with Crippen LogP contribution in [-0.2, 0) is 9.47 Å². The molecule has 0 spiro atoms. The SMILES string of the molecule is CC(C)(C)OC(=O)N1CCC(NCCOC(N)=O)CC1. The van der Waals surface area contributed by atoms with E-state index < -0.39 is 11.7 Å². The lowest BCUT2D eigenvalue weighted by molar-refractivity contribution is 0.0197. The van der Waals surface area contributed by atoms with E-state index in [1.807, 2.05) is 20.8 Å². The first kappa shape index (κ1) is 16.6. The molecule has 3 N–H and O–H groups in total. The molecule has 1 rings (SSSR count). The molecule has 20 heavy (non-hydrogen) atoms. The molecule has 1 saturated heterocycles. The first-order valence-corrected chi connectivity index (χ1v) is 6.91. The van der Waals surface area contributed by atoms with Gasteiger partial charge < -0.3 is 25.4 Å². The van der Waals surface area contributed by atoms with Gasteiger partial charge in [-0.2, -0.15) is 0 Å². The summed E-state index contributed by atoms with van der Waals surface area (Å²) in [5, 5.41) is 3.27. The first-order chi connectivity index (χ1) is 9.28. The summed E-state index contributed by atoms with van der Waals surface area (Å²) < 4.78 is 9.97. The highest BCUT2D eigenvalue weighted by Crippen LogP contribution is 2.15. The van der Waals surface area contributed by atoms with E-state index in [-0.39, 0.29) is 12.7 Å². The van der Waals surface area contributed by atoms with Gasteiger partial charge in [0.25, 0.3) is 0 Å². The number of carbonyl (C=O) groups is 2. The second-order valence-corrected chi connectivity index (χ2v) is 5.86. The zero-order valence-electron chi connectivity index (χ0n) is 12.5. The van der Waals surface area contributed by atoms with Crippen LogP contribution in [0.3, 0.4) is 0 Å². The van der Waals surface area contributed by atoms with Crippen LogP contribution in [0.15, 0.2) is 0 Å². The van der Waals surface area contributed by atoms with E-state index in [0.29, 0.717) is 25.7 Å². The quantitative estimate of drug-likeness (QED) is 0.754. The summed E-state index contributed by atoms with van der Waals surface area (Å²) in [5.74, 6) is 0. The van der Waals surface area contributed by atoms with E-state index in [1.165, 1.54) is 0 Å². The number of nitrogens with zero attached hydrogens (tertiary/aromatic N) is 1. The minimum Gasteiger partial charge on any atom is -0.448 e. The van der Waals surface area contributed by atoms with Gasteiger partial charge in [0, 0.05) is 25.7 Å². The summed E-state index contributed by atoms with van der Waals surface area (Å²) in [5.41, 5.74) is 4.41. The minimum absolute atomic E-state index is 0.256. The number of hydrogen-bond donors (Lipinski definition) is 2. The maximum atomic E-state index is 11.9. The van der Waals surface area contributed by atoms with Crippen LogP contribution in [0.25, 0.3) is 0 Å². The van der Waals surface area contributed by atoms with Crippen LogP contribution in [0.1, 0.15) is 33.6 Å². The van der Waals surface area contributed by atoms with E-state index in [9.17, 15) is 9.59 Å². The van der Waals surface area contributed by atoms with Crippen molar-refractivity contribution in [3.63, 3.8) is 0 Å². The Labute approximate surface area is 119 Å². The van der Waals surface area contributed by atoms with Crippen molar-refractivity contribution in [2.45, 2.75) is 45.3 Å². The highest BCUT2D eigenvalue weighted by molar-refractivity contribution is 5.68. The number of nitrogens with two attached hydrogens (primary N) is 1. The van der Waals surface area contributed by atoms with Gasteiger partial charge in [0.05, 0.1) is 0 Å². The Morgan fingerprint density at radius 2 is 1.90 bits per heavy atom. The Balaban J connectivity index is 2.19. The number of piperidine rings is 1. The van der Waals surface area contributed by atoms with E-state index in [0.717, 1.165) is 12.8 Å². The van der Waals surface area contributed by atoms with Crippen molar-refractivity contribution in [3.05, 3.63) is 0 Å². The second kappa shape index (κ2) is 7.33. The Morgan fingerprint density at radius 1 is 1.30 bits per heavy atom. The van der Waals surface area contributed by atoms with E-state index in [1.54, 1.807) is 4.90 Å². The summed E-state index contributed by atoms with van der Waals surface area (Å²) in [6.07, 6.45) is 0.700. The van der Waals surface area contributed by atoms with Crippen molar-refractivity contribution in [1.29, 1.82) is 0 Å². The molecule has 1 aliphatic heterocycles. The van der Waals surface area contributed by atoms with Gasteiger partial charge in [-0.15, -0.1) is 0 Å². The Hall–Kier alpha value is -1.50. The molecule has 116 valence electrons. The predicted octanol–water partition coefficient (Wildman–Crippen LogP) is 1.07. The molecule has 0 unspecified atom stereocenters. The van der Waals surface area contributed by atoms with Gasteiger partial charge in [-0.05, 0) is 33.6 Å². The van der Waals surface area contributed by atoms with Gasteiger partial charge in [-0.1, -0.05) is 0 Å². The molecule has 2 amide bonds.